The molecule has 0 bridgehead atoms. The first kappa shape index (κ1) is 6.60. The Labute approximate surface area is 74.4 Å². The van der Waals surface area contributed by atoms with Gasteiger partial charge in [-0.1, -0.05) is 0 Å². The highest BCUT2D eigenvalue weighted by atomic mass is 15.1. The van der Waals surface area contributed by atoms with Crippen molar-refractivity contribution in [3.63, 3.8) is 0 Å². The van der Waals surface area contributed by atoms with Gasteiger partial charge in [0.15, 0.2) is 6.20 Å². The molecule has 2 heterocycles. The molecule has 0 fully saturated rings. The molecule has 0 amide bonds. The smallest absolute Gasteiger partial charge is 0.211 e. The van der Waals surface area contributed by atoms with E-state index in [0.717, 1.165) is 16.4 Å². The molecule has 3 rings (SSSR count). The van der Waals surface area contributed by atoms with Gasteiger partial charge in [-0.25, -0.2) is 4.98 Å². The largest absolute Gasteiger partial charge is 0.278 e. The summed E-state index contributed by atoms with van der Waals surface area (Å²) in [5, 5.41) is 9.32. The van der Waals surface area contributed by atoms with Crippen LogP contribution in [0.3, 0.4) is 0 Å². The minimum Gasteiger partial charge on any atom is -0.278 e. The average molecular weight is 170 g/mol. The lowest BCUT2D eigenvalue weighted by molar-refractivity contribution is -0.344. The Morgan fingerprint density at radius 1 is 1.15 bits per heavy atom. The molecule has 0 aliphatic heterocycles. The monoisotopic (exact) mass is 170 g/mol. The van der Waals surface area contributed by atoms with Crippen LogP contribution in [0.15, 0.2) is 36.7 Å². The van der Waals surface area contributed by atoms with Crippen molar-refractivity contribution < 1.29 is 4.98 Å². The molecule has 0 aliphatic carbocycles. The van der Waals surface area contributed by atoms with Gasteiger partial charge in [0, 0.05) is 17.5 Å². The number of hydrogen-bond donors (Lipinski definition) is 1. The standard InChI is InChI=1S/C10H7N3/c1-2-7-8-6-12-13-10(8)4-3-9(7)11-5-1/h1-6H,(H,12,13)/p+1. The van der Waals surface area contributed by atoms with Gasteiger partial charge in [-0.2, -0.15) is 5.10 Å². The molecule has 13 heavy (non-hydrogen) atoms. The maximum absolute atomic E-state index is 4.01. The van der Waals surface area contributed by atoms with Crippen LogP contribution in [0.4, 0.5) is 0 Å². The van der Waals surface area contributed by atoms with E-state index in [1.54, 1.807) is 0 Å². The quantitative estimate of drug-likeness (QED) is 0.546. The third kappa shape index (κ3) is 0.839. The molecule has 62 valence electrons. The van der Waals surface area contributed by atoms with Crippen molar-refractivity contribution in [3.05, 3.63) is 36.7 Å². The second-order valence-corrected chi connectivity index (χ2v) is 3.03. The molecule has 2 N–H and O–H groups in total. The van der Waals surface area contributed by atoms with Gasteiger partial charge >= 0.3 is 0 Å². The van der Waals surface area contributed by atoms with Gasteiger partial charge in [-0.3, -0.25) is 5.10 Å². The highest BCUT2D eigenvalue weighted by Gasteiger charge is 2.04. The first-order valence-corrected chi connectivity index (χ1v) is 4.18. The van der Waals surface area contributed by atoms with Gasteiger partial charge in [0.2, 0.25) is 5.52 Å². The van der Waals surface area contributed by atoms with Crippen molar-refractivity contribution in [2.24, 2.45) is 0 Å². The number of nitrogens with zero attached hydrogens (tertiary/aromatic N) is 1. The number of rotatable bonds is 0. The van der Waals surface area contributed by atoms with E-state index in [-0.39, 0.29) is 0 Å². The summed E-state index contributed by atoms with van der Waals surface area (Å²) < 4.78 is 0. The Balaban J connectivity index is 2.65. The lowest BCUT2D eigenvalue weighted by Gasteiger charge is -1.91. The van der Waals surface area contributed by atoms with Crippen LogP contribution in [0.5, 0.6) is 0 Å². The highest BCUT2D eigenvalue weighted by Crippen LogP contribution is 2.19. The van der Waals surface area contributed by atoms with E-state index < -0.39 is 0 Å². The van der Waals surface area contributed by atoms with Crippen molar-refractivity contribution in [2.75, 3.05) is 0 Å². The summed E-state index contributed by atoms with van der Waals surface area (Å²) in [4.78, 5) is 3.19. The van der Waals surface area contributed by atoms with E-state index in [4.69, 9.17) is 0 Å². The Morgan fingerprint density at radius 2 is 2.15 bits per heavy atom. The summed E-state index contributed by atoms with van der Waals surface area (Å²) in [6.45, 7) is 0. The second-order valence-electron chi connectivity index (χ2n) is 3.03. The molecular formula is C10H8N3+. The molecule has 3 aromatic rings. The molecule has 2 aromatic heterocycles. The van der Waals surface area contributed by atoms with Crippen LogP contribution in [-0.4, -0.2) is 10.2 Å². The summed E-state index contributed by atoms with van der Waals surface area (Å²) in [6.07, 6.45) is 3.78. The Morgan fingerprint density at radius 3 is 3.15 bits per heavy atom. The number of fused-ring (bicyclic) bond motifs is 3. The van der Waals surface area contributed by atoms with Crippen molar-refractivity contribution >= 4 is 21.8 Å². The van der Waals surface area contributed by atoms with Crippen LogP contribution in [-0.2, 0) is 0 Å². The Bertz CT molecular complexity index is 568. The van der Waals surface area contributed by atoms with Gasteiger partial charge in [0.25, 0.3) is 0 Å². The van der Waals surface area contributed by atoms with E-state index in [1.807, 2.05) is 24.5 Å². The van der Waals surface area contributed by atoms with E-state index in [1.165, 1.54) is 5.39 Å². The molecule has 0 saturated carbocycles. The molecule has 1 aromatic carbocycles. The predicted molar refractivity (Wildman–Crippen MR) is 50.2 cm³/mol. The number of aromatic nitrogens is 3. The lowest BCUT2D eigenvalue weighted by Crippen LogP contribution is -2.00. The number of H-pyrrole nitrogens is 2. The normalized spacial score (nSPS) is 11.1. The maximum Gasteiger partial charge on any atom is 0.211 e. The van der Waals surface area contributed by atoms with Crippen LogP contribution in [0.25, 0.3) is 21.8 Å². The number of nitrogens with one attached hydrogen (secondary N) is 2. The molecule has 0 spiro atoms. The van der Waals surface area contributed by atoms with Crippen molar-refractivity contribution in [3.8, 4) is 0 Å². The van der Waals surface area contributed by atoms with E-state index in [0.29, 0.717) is 0 Å². The van der Waals surface area contributed by atoms with Crippen molar-refractivity contribution in [2.45, 2.75) is 0 Å². The molecule has 0 saturated heterocycles. The third-order valence-electron chi connectivity index (χ3n) is 2.26. The number of pyridine rings is 1. The third-order valence-corrected chi connectivity index (χ3v) is 2.26. The van der Waals surface area contributed by atoms with Gasteiger partial charge in [-0.15, -0.1) is 0 Å². The zero-order chi connectivity index (χ0) is 8.67. The summed E-state index contributed by atoms with van der Waals surface area (Å²) in [5.41, 5.74) is 2.21. The number of benzene rings is 1. The Kier molecular flexibility index (Phi) is 1.16. The summed E-state index contributed by atoms with van der Waals surface area (Å²) >= 11 is 0. The van der Waals surface area contributed by atoms with Gasteiger partial charge in [-0.05, 0) is 12.1 Å². The highest BCUT2D eigenvalue weighted by molar-refractivity contribution is 6.03. The average Bonchev–Trinajstić information content (AvgIpc) is 2.65. The maximum atomic E-state index is 4.01. The summed E-state index contributed by atoms with van der Waals surface area (Å²) in [6, 6.07) is 8.16. The van der Waals surface area contributed by atoms with Crippen LogP contribution < -0.4 is 4.98 Å². The predicted octanol–water partition coefficient (Wildman–Crippen LogP) is 1.53. The first-order valence-electron chi connectivity index (χ1n) is 4.18. The van der Waals surface area contributed by atoms with E-state index in [2.05, 4.69) is 27.3 Å². The number of aromatic amines is 2. The molecule has 0 radical (unpaired) electrons. The fourth-order valence-corrected chi connectivity index (χ4v) is 1.63. The fraction of sp³-hybridized carbons (Fsp3) is 0. The van der Waals surface area contributed by atoms with E-state index >= 15 is 0 Å². The summed E-state index contributed by atoms with van der Waals surface area (Å²) in [7, 11) is 0. The molecular weight excluding hydrogens is 162 g/mol. The number of hydrogen-bond acceptors (Lipinski definition) is 1. The molecule has 0 aliphatic rings. The molecule has 3 heteroatoms. The van der Waals surface area contributed by atoms with Crippen LogP contribution in [0.1, 0.15) is 0 Å². The Hall–Kier alpha value is -1.90. The van der Waals surface area contributed by atoms with Crippen molar-refractivity contribution in [1.82, 2.24) is 10.2 Å². The van der Waals surface area contributed by atoms with Crippen molar-refractivity contribution in [1.29, 1.82) is 0 Å². The SMILES string of the molecule is c1c[nH+]c2ccc3[nH]ncc3c2c1. The molecule has 0 unspecified atom stereocenters. The minimum atomic E-state index is 1.08. The summed E-state index contributed by atoms with van der Waals surface area (Å²) in [5.74, 6) is 0. The van der Waals surface area contributed by atoms with Crippen LogP contribution >= 0.6 is 0 Å². The zero-order valence-electron chi connectivity index (χ0n) is 6.91. The fourth-order valence-electron chi connectivity index (χ4n) is 1.63. The van der Waals surface area contributed by atoms with E-state index in [9.17, 15) is 0 Å². The second kappa shape index (κ2) is 2.29. The molecule has 0 atom stereocenters. The van der Waals surface area contributed by atoms with Gasteiger partial charge in [0.1, 0.15) is 0 Å². The lowest BCUT2D eigenvalue weighted by atomic mass is 10.1. The minimum absolute atomic E-state index is 1.08. The van der Waals surface area contributed by atoms with Gasteiger partial charge < -0.3 is 0 Å². The molecule has 3 nitrogen and oxygen atoms in total. The van der Waals surface area contributed by atoms with Crippen LogP contribution in [0, 0.1) is 0 Å². The van der Waals surface area contributed by atoms with Gasteiger partial charge in [0.05, 0.1) is 17.1 Å². The zero-order valence-corrected chi connectivity index (χ0v) is 6.91. The van der Waals surface area contributed by atoms with Crippen LogP contribution in [0.2, 0.25) is 0 Å². The first-order chi connectivity index (χ1) is 6.45. The topological polar surface area (TPSA) is 42.8 Å².